The van der Waals surface area contributed by atoms with Crippen molar-refractivity contribution in [3.05, 3.63) is 69.3 Å². The molecule has 0 aliphatic carbocycles. The summed E-state index contributed by atoms with van der Waals surface area (Å²) in [6.07, 6.45) is 0. The van der Waals surface area contributed by atoms with Gasteiger partial charge in [0.2, 0.25) is 0 Å². The van der Waals surface area contributed by atoms with Gasteiger partial charge in [0.25, 0.3) is 11.6 Å². The second-order valence-corrected chi connectivity index (χ2v) is 4.84. The molecule has 0 radical (unpaired) electrons. The van der Waals surface area contributed by atoms with Gasteiger partial charge in [-0.3, -0.25) is 14.9 Å². The van der Waals surface area contributed by atoms with E-state index in [1.54, 1.807) is 12.1 Å². The molecular weight excluding hydrogens is 300 g/mol. The quantitative estimate of drug-likeness (QED) is 0.531. The summed E-state index contributed by atoms with van der Waals surface area (Å²) in [4.78, 5) is 34.1. The van der Waals surface area contributed by atoms with Crippen LogP contribution in [-0.2, 0) is 4.74 Å². The fourth-order valence-electron chi connectivity index (χ4n) is 1.92. The van der Waals surface area contributed by atoms with Gasteiger partial charge < -0.3 is 10.1 Å². The topological polar surface area (TPSA) is 98.5 Å². The van der Waals surface area contributed by atoms with E-state index in [1.807, 2.05) is 19.1 Å². The molecule has 0 aliphatic heterocycles. The number of ether oxygens (including phenoxy) is 1. The zero-order chi connectivity index (χ0) is 17.0. The minimum atomic E-state index is -0.752. The molecule has 0 unspecified atom stereocenters. The Bertz CT molecular complexity index is 769. The Labute approximate surface area is 132 Å². The summed E-state index contributed by atoms with van der Waals surface area (Å²) >= 11 is 0. The maximum absolute atomic E-state index is 12.3. The lowest BCUT2D eigenvalue weighted by molar-refractivity contribution is -0.384. The molecule has 0 bridgehead atoms. The molecule has 0 saturated carbocycles. The highest BCUT2D eigenvalue weighted by atomic mass is 16.6. The Morgan fingerprint density at radius 1 is 1.09 bits per heavy atom. The molecule has 0 atom stereocenters. The number of benzene rings is 2. The van der Waals surface area contributed by atoms with Crippen molar-refractivity contribution in [3.63, 3.8) is 0 Å². The number of methoxy groups -OCH3 is 1. The Morgan fingerprint density at radius 3 is 2.26 bits per heavy atom. The van der Waals surface area contributed by atoms with Crippen molar-refractivity contribution in [2.24, 2.45) is 0 Å². The first-order valence-corrected chi connectivity index (χ1v) is 6.66. The van der Waals surface area contributed by atoms with Gasteiger partial charge in [-0.15, -0.1) is 0 Å². The van der Waals surface area contributed by atoms with Crippen LogP contribution in [-0.4, -0.2) is 23.9 Å². The number of hydrogen-bond donors (Lipinski definition) is 1. The number of non-ortho nitro benzene ring substituents is 1. The van der Waals surface area contributed by atoms with Crippen molar-refractivity contribution in [2.75, 3.05) is 12.4 Å². The summed E-state index contributed by atoms with van der Waals surface area (Å²) < 4.78 is 4.54. The Morgan fingerprint density at radius 2 is 1.70 bits per heavy atom. The predicted molar refractivity (Wildman–Crippen MR) is 83.6 cm³/mol. The van der Waals surface area contributed by atoms with Crippen LogP contribution in [0.4, 0.5) is 11.4 Å². The Hall–Kier alpha value is -3.22. The highest BCUT2D eigenvalue weighted by Crippen LogP contribution is 2.19. The van der Waals surface area contributed by atoms with Crippen molar-refractivity contribution in [3.8, 4) is 0 Å². The number of amides is 1. The van der Waals surface area contributed by atoms with Crippen molar-refractivity contribution >= 4 is 23.3 Å². The lowest BCUT2D eigenvalue weighted by Gasteiger charge is -2.07. The van der Waals surface area contributed by atoms with Gasteiger partial charge in [0.05, 0.1) is 17.6 Å². The summed E-state index contributed by atoms with van der Waals surface area (Å²) in [5, 5.41) is 13.6. The first kappa shape index (κ1) is 16.2. The van der Waals surface area contributed by atoms with E-state index >= 15 is 0 Å². The van der Waals surface area contributed by atoms with Crippen molar-refractivity contribution in [1.29, 1.82) is 0 Å². The fraction of sp³-hybridized carbons (Fsp3) is 0.125. The Balaban J connectivity index is 2.34. The smallest absolute Gasteiger partial charge is 0.338 e. The van der Waals surface area contributed by atoms with E-state index < -0.39 is 16.8 Å². The van der Waals surface area contributed by atoms with Gasteiger partial charge in [-0.25, -0.2) is 4.79 Å². The van der Waals surface area contributed by atoms with Gasteiger partial charge >= 0.3 is 5.97 Å². The molecule has 1 N–H and O–H groups in total. The average molecular weight is 314 g/mol. The van der Waals surface area contributed by atoms with E-state index in [0.29, 0.717) is 5.69 Å². The monoisotopic (exact) mass is 314 g/mol. The number of nitro benzene ring substituents is 1. The van der Waals surface area contributed by atoms with Crippen LogP contribution in [0.5, 0.6) is 0 Å². The molecule has 0 fully saturated rings. The summed E-state index contributed by atoms with van der Waals surface area (Å²) in [7, 11) is 1.16. The number of carbonyl (C=O) groups is 2. The first-order chi connectivity index (χ1) is 10.9. The van der Waals surface area contributed by atoms with Gasteiger partial charge in [0.1, 0.15) is 0 Å². The molecule has 118 valence electrons. The minimum absolute atomic E-state index is 0.000162. The third-order valence-corrected chi connectivity index (χ3v) is 3.12. The Kier molecular flexibility index (Phi) is 4.70. The van der Waals surface area contributed by atoms with E-state index in [-0.39, 0.29) is 16.8 Å². The molecule has 0 heterocycles. The summed E-state index contributed by atoms with van der Waals surface area (Å²) in [6.45, 7) is 1.91. The number of nitro groups is 1. The maximum atomic E-state index is 12.3. The lowest BCUT2D eigenvalue weighted by Crippen LogP contribution is -2.14. The van der Waals surface area contributed by atoms with Crippen LogP contribution in [0.3, 0.4) is 0 Å². The van der Waals surface area contributed by atoms with E-state index in [2.05, 4.69) is 10.1 Å². The van der Waals surface area contributed by atoms with Crippen molar-refractivity contribution in [2.45, 2.75) is 6.92 Å². The van der Waals surface area contributed by atoms with E-state index in [4.69, 9.17) is 0 Å². The van der Waals surface area contributed by atoms with Crippen LogP contribution in [0.15, 0.2) is 42.5 Å². The van der Waals surface area contributed by atoms with Gasteiger partial charge in [-0.2, -0.15) is 0 Å². The second kappa shape index (κ2) is 6.69. The first-order valence-electron chi connectivity index (χ1n) is 6.66. The van der Waals surface area contributed by atoms with Crippen molar-refractivity contribution in [1.82, 2.24) is 0 Å². The number of hydrogen-bond acceptors (Lipinski definition) is 5. The minimum Gasteiger partial charge on any atom is -0.465 e. The molecule has 7 heteroatoms. The van der Waals surface area contributed by atoms with Crippen LogP contribution in [0.2, 0.25) is 0 Å². The molecule has 0 saturated heterocycles. The van der Waals surface area contributed by atoms with Gasteiger partial charge in [0, 0.05) is 23.4 Å². The average Bonchev–Trinajstić information content (AvgIpc) is 2.55. The molecule has 2 aromatic carbocycles. The van der Waals surface area contributed by atoms with E-state index in [0.717, 1.165) is 24.8 Å². The molecule has 1 amide bonds. The van der Waals surface area contributed by atoms with Crippen molar-refractivity contribution < 1.29 is 19.2 Å². The van der Waals surface area contributed by atoms with Crippen LogP contribution < -0.4 is 5.32 Å². The highest BCUT2D eigenvalue weighted by molar-refractivity contribution is 6.06. The molecule has 0 aliphatic rings. The largest absolute Gasteiger partial charge is 0.465 e. The molecule has 0 spiro atoms. The number of nitrogens with one attached hydrogen (secondary N) is 1. The summed E-state index contributed by atoms with van der Waals surface area (Å²) in [5.41, 5.74) is 1.16. The third-order valence-electron chi connectivity index (χ3n) is 3.12. The number of carbonyl (C=O) groups excluding carboxylic acids is 2. The maximum Gasteiger partial charge on any atom is 0.338 e. The summed E-state index contributed by atoms with van der Waals surface area (Å²) in [6, 6.07) is 10.5. The second-order valence-electron chi connectivity index (χ2n) is 4.84. The number of esters is 1. The molecular formula is C16H14N2O5. The van der Waals surface area contributed by atoms with Gasteiger partial charge in [-0.1, -0.05) is 17.7 Å². The number of rotatable bonds is 4. The van der Waals surface area contributed by atoms with E-state index in [1.165, 1.54) is 6.07 Å². The van der Waals surface area contributed by atoms with Crippen LogP contribution in [0, 0.1) is 17.0 Å². The standard InChI is InChI=1S/C16H14N2O5/c1-10-3-5-13(6-4-10)17-15(19)11-7-12(16(20)23-2)9-14(8-11)18(21)22/h3-9H,1-2H3,(H,17,19). The lowest BCUT2D eigenvalue weighted by atomic mass is 10.1. The highest BCUT2D eigenvalue weighted by Gasteiger charge is 2.18. The van der Waals surface area contributed by atoms with Crippen LogP contribution in [0.25, 0.3) is 0 Å². The molecule has 2 rings (SSSR count). The SMILES string of the molecule is COC(=O)c1cc(C(=O)Nc2ccc(C)cc2)cc([N+](=O)[O-])c1. The fourth-order valence-corrected chi connectivity index (χ4v) is 1.92. The van der Waals surface area contributed by atoms with Gasteiger partial charge in [0.15, 0.2) is 0 Å². The van der Waals surface area contributed by atoms with E-state index in [9.17, 15) is 19.7 Å². The third kappa shape index (κ3) is 3.91. The zero-order valence-electron chi connectivity index (χ0n) is 12.5. The predicted octanol–water partition coefficient (Wildman–Crippen LogP) is 2.94. The molecule has 2 aromatic rings. The van der Waals surface area contributed by atoms with Gasteiger partial charge in [-0.05, 0) is 25.1 Å². The number of aryl methyl sites for hydroxylation is 1. The molecule has 7 nitrogen and oxygen atoms in total. The molecule has 23 heavy (non-hydrogen) atoms. The normalized spacial score (nSPS) is 10.0. The van der Waals surface area contributed by atoms with Crippen LogP contribution >= 0.6 is 0 Å². The summed E-state index contributed by atoms with van der Waals surface area (Å²) in [5.74, 6) is -1.30. The molecule has 0 aromatic heterocycles. The van der Waals surface area contributed by atoms with Crippen LogP contribution in [0.1, 0.15) is 26.3 Å². The number of nitrogens with zero attached hydrogens (tertiary/aromatic N) is 1. The number of anilines is 1. The zero-order valence-corrected chi connectivity index (χ0v) is 12.5.